The molecule has 0 radical (unpaired) electrons. The minimum absolute atomic E-state index is 0.00253. The summed E-state index contributed by atoms with van der Waals surface area (Å²) >= 11 is 0. The van der Waals surface area contributed by atoms with Crippen molar-refractivity contribution in [2.45, 2.75) is 45.6 Å². The summed E-state index contributed by atoms with van der Waals surface area (Å²) in [6, 6.07) is 11.6. The Morgan fingerprint density at radius 3 is 2.65 bits per heavy atom. The van der Waals surface area contributed by atoms with Gasteiger partial charge in [0.1, 0.15) is 0 Å². The molecule has 1 aromatic heterocycles. The Balaban J connectivity index is 0.000000868. The molecule has 0 bridgehead atoms. The van der Waals surface area contributed by atoms with Crippen LogP contribution in [0.5, 0.6) is 0 Å². The zero-order chi connectivity index (χ0) is 24.1. The first-order valence-corrected chi connectivity index (χ1v) is 11.3. The van der Waals surface area contributed by atoms with Crippen LogP contribution in [0.1, 0.15) is 46.3 Å². The number of fused-ring (bicyclic) bond motifs is 1. The van der Waals surface area contributed by atoms with Crippen molar-refractivity contribution in [1.29, 1.82) is 0 Å². The Kier molecular flexibility index (Phi) is 6.77. The zero-order valence-corrected chi connectivity index (χ0v) is 19.1. The molecular weight excluding hydrogens is 432 g/mol. The highest BCUT2D eigenvalue weighted by Gasteiger charge is 2.50. The van der Waals surface area contributed by atoms with Gasteiger partial charge in [-0.15, -0.1) is 0 Å². The van der Waals surface area contributed by atoms with Gasteiger partial charge in [-0.2, -0.15) is 0 Å². The number of rotatable bonds is 6. The van der Waals surface area contributed by atoms with Crippen molar-refractivity contribution in [2.75, 3.05) is 10.6 Å². The van der Waals surface area contributed by atoms with Crippen LogP contribution in [0.4, 0.5) is 11.4 Å². The van der Waals surface area contributed by atoms with Gasteiger partial charge in [0.2, 0.25) is 5.91 Å². The van der Waals surface area contributed by atoms with E-state index in [1.54, 1.807) is 18.6 Å². The van der Waals surface area contributed by atoms with Crippen molar-refractivity contribution in [3.05, 3.63) is 77.4 Å². The highest BCUT2D eigenvalue weighted by atomic mass is 16.3. The predicted molar refractivity (Wildman–Crippen MR) is 129 cm³/mol. The summed E-state index contributed by atoms with van der Waals surface area (Å²) in [4.78, 5) is 38.4. The Bertz CT molecular complexity index is 1200. The van der Waals surface area contributed by atoms with E-state index in [4.69, 9.17) is 9.90 Å². The van der Waals surface area contributed by atoms with Crippen molar-refractivity contribution < 1.29 is 19.5 Å². The quantitative estimate of drug-likeness (QED) is 0.480. The molecule has 8 heteroatoms. The van der Waals surface area contributed by atoms with Crippen LogP contribution in [0.25, 0.3) is 0 Å². The van der Waals surface area contributed by atoms with Crippen LogP contribution >= 0.6 is 0 Å². The standard InChI is InChI=1S/C25H26N4O2.CH2O2/c1-17-8-9-19(23(30)27-21-7-3-5-18-4-2-6-20(18)21)14-22(17)28-24(31)25(10-11-25)15-29-13-12-26-16-29;2-1-3/h3,5,7-9,12-14,16H,2,4,6,10-11,15H2,1H3,(H,27,30)(H,28,31);1H,(H,2,3). The van der Waals surface area contributed by atoms with E-state index >= 15 is 0 Å². The molecule has 1 fully saturated rings. The third-order valence-corrected chi connectivity index (χ3v) is 6.52. The monoisotopic (exact) mass is 460 g/mol. The number of aromatic nitrogens is 2. The van der Waals surface area contributed by atoms with Gasteiger partial charge in [-0.05, 0) is 73.9 Å². The van der Waals surface area contributed by atoms with Crippen LogP contribution in [0.2, 0.25) is 0 Å². The maximum absolute atomic E-state index is 13.0. The average molecular weight is 461 g/mol. The highest BCUT2D eigenvalue weighted by molar-refractivity contribution is 6.06. The van der Waals surface area contributed by atoms with Crippen molar-refractivity contribution in [3.8, 4) is 0 Å². The molecule has 2 aromatic carbocycles. The van der Waals surface area contributed by atoms with Crippen molar-refractivity contribution in [3.63, 3.8) is 0 Å². The van der Waals surface area contributed by atoms with E-state index in [1.165, 1.54) is 11.1 Å². The molecule has 0 atom stereocenters. The number of benzene rings is 2. The SMILES string of the molecule is Cc1ccc(C(=O)Nc2cccc3c2CCC3)cc1NC(=O)C1(Cn2ccnc2)CC1.O=CO. The van der Waals surface area contributed by atoms with Gasteiger partial charge >= 0.3 is 0 Å². The molecule has 2 amide bonds. The molecule has 0 spiro atoms. The van der Waals surface area contributed by atoms with E-state index in [0.717, 1.165) is 43.4 Å². The largest absolute Gasteiger partial charge is 0.483 e. The molecule has 0 saturated heterocycles. The first-order valence-electron chi connectivity index (χ1n) is 11.3. The fraction of sp³-hybridized carbons (Fsp3) is 0.308. The number of aryl methyl sites for hydroxylation is 2. The molecular formula is C26H28N4O4. The molecule has 3 N–H and O–H groups in total. The molecule has 0 aliphatic heterocycles. The number of hydrogen-bond acceptors (Lipinski definition) is 4. The van der Waals surface area contributed by atoms with Gasteiger partial charge in [-0.25, -0.2) is 4.98 Å². The van der Waals surface area contributed by atoms with Crippen LogP contribution in [0.3, 0.4) is 0 Å². The molecule has 3 aromatic rings. The van der Waals surface area contributed by atoms with Crippen molar-refractivity contribution in [1.82, 2.24) is 9.55 Å². The van der Waals surface area contributed by atoms with Gasteiger partial charge in [0, 0.05) is 35.9 Å². The van der Waals surface area contributed by atoms with Gasteiger partial charge in [-0.3, -0.25) is 14.4 Å². The third-order valence-electron chi connectivity index (χ3n) is 6.52. The number of carboxylic acid groups (broad SMARTS) is 1. The first-order chi connectivity index (χ1) is 16.5. The summed E-state index contributed by atoms with van der Waals surface area (Å²) in [5.41, 5.74) is 5.22. The van der Waals surface area contributed by atoms with Crippen LogP contribution in [-0.4, -0.2) is 32.9 Å². The molecule has 2 aliphatic rings. The van der Waals surface area contributed by atoms with E-state index in [0.29, 0.717) is 17.8 Å². The zero-order valence-electron chi connectivity index (χ0n) is 19.1. The van der Waals surface area contributed by atoms with Crippen LogP contribution in [0, 0.1) is 12.3 Å². The van der Waals surface area contributed by atoms with Gasteiger partial charge in [0.15, 0.2) is 0 Å². The maximum Gasteiger partial charge on any atom is 0.290 e. The number of carbonyl (C=O) groups excluding carboxylic acids is 2. The van der Waals surface area contributed by atoms with E-state index in [-0.39, 0.29) is 18.3 Å². The molecule has 8 nitrogen and oxygen atoms in total. The van der Waals surface area contributed by atoms with Crippen LogP contribution in [0.15, 0.2) is 55.1 Å². The predicted octanol–water partition coefficient (Wildman–Crippen LogP) is 4.05. The number of hydrogen-bond donors (Lipinski definition) is 3. The fourth-order valence-corrected chi connectivity index (χ4v) is 4.42. The fourth-order valence-electron chi connectivity index (χ4n) is 4.42. The van der Waals surface area contributed by atoms with Crippen LogP contribution < -0.4 is 10.6 Å². The minimum Gasteiger partial charge on any atom is -0.483 e. The topological polar surface area (TPSA) is 113 Å². The Morgan fingerprint density at radius 1 is 1.15 bits per heavy atom. The number of carbonyl (C=O) groups is 3. The Labute approximate surface area is 198 Å². The van der Waals surface area contributed by atoms with Crippen molar-refractivity contribution >= 4 is 29.7 Å². The highest BCUT2D eigenvalue weighted by Crippen LogP contribution is 2.48. The second-order valence-corrected chi connectivity index (χ2v) is 8.86. The summed E-state index contributed by atoms with van der Waals surface area (Å²) in [5, 5.41) is 13.0. The van der Waals surface area contributed by atoms with Crippen molar-refractivity contribution in [2.24, 2.45) is 5.41 Å². The van der Waals surface area contributed by atoms with E-state index < -0.39 is 5.41 Å². The number of amides is 2. The number of nitrogens with zero attached hydrogens (tertiary/aromatic N) is 2. The summed E-state index contributed by atoms with van der Waals surface area (Å²) in [5.74, 6) is -0.155. The Hall–Kier alpha value is -3.94. The molecule has 2 aliphatic carbocycles. The molecule has 0 unspecified atom stereocenters. The van der Waals surface area contributed by atoms with Gasteiger partial charge in [0.25, 0.3) is 12.4 Å². The molecule has 176 valence electrons. The Morgan fingerprint density at radius 2 is 1.94 bits per heavy atom. The number of anilines is 2. The molecule has 5 rings (SSSR count). The van der Waals surface area contributed by atoms with E-state index in [9.17, 15) is 9.59 Å². The van der Waals surface area contributed by atoms with E-state index in [2.05, 4.69) is 21.7 Å². The lowest BCUT2D eigenvalue weighted by molar-refractivity contribution is -0.123. The number of nitrogens with one attached hydrogen (secondary N) is 2. The molecule has 1 heterocycles. The lowest BCUT2D eigenvalue weighted by atomic mass is 10.0. The van der Waals surface area contributed by atoms with Gasteiger partial charge in [0.05, 0.1) is 11.7 Å². The summed E-state index contributed by atoms with van der Waals surface area (Å²) in [6.45, 7) is 2.31. The van der Waals surface area contributed by atoms with E-state index in [1.807, 2.05) is 42.0 Å². The first kappa shape index (κ1) is 23.2. The number of imidazole rings is 1. The van der Waals surface area contributed by atoms with Gasteiger partial charge < -0.3 is 20.3 Å². The lowest BCUT2D eigenvalue weighted by Gasteiger charge is -2.18. The lowest BCUT2D eigenvalue weighted by Crippen LogP contribution is -2.28. The molecule has 1 saturated carbocycles. The third kappa shape index (κ3) is 5.01. The van der Waals surface area contributed by atoms with Gasteiger partial charge in [-0.1, -0.05) is 18.2 Å². The minimum atomic E-state index is -0.393. The summed E-state index contributed by atoms with van der Waals surface area (Å²) in [6.07, 6.45) is 10.3. The van der Waals surface area contributed by atoms with Crippen LogP contribution in [-0.2, 0) is 29.0 Å². The summed E-state index contributed by atoms with van der Waals surface area (Å²) in [7, 11) is 0. The summed E-state index contributed by atoms with van der Waals surface area (Å²) < 4.78 is 1.95. The second-order valence-electron chi connectivity index (χ2n) is 8.86. The molecule has 34 heavy (non-hydrogen) atoms. The maximum atomic E-state index is 13.0. The average Bonchev–Trinajstić information content (AvgIpc) is 3.19. The normalized spacial score (nSPS) is 14.9. The second kappa shape index (κ2) is 9.91. The smallest absolute Gasteiger partial charge is 0.290 e.